The summed E-state index contributed by atoms with van der Waals surface area (Å²) in [5, 5.41) is 7.92. The molecule has 142 valence electrons. The van der Waals surface area contributed by atoms with E-state index < -0.39 is 0 Å². The molecule has 6 nitrogen and oxygen atoms in total. The largest absolute Gasteiger partial charge is 0.497 e. The van der Waals surface area contributed by atoms with Crippen LogP contribution in [0.1, 0.15) is 37.8 Å². The van der Waals surface area contributed by atoms with Gasteiger partial charge in [0.05, 0.1) is 13.2 Å². The summed E-state index contributed by atoms with van der Waals surface area (Å²) < 4.78 is 10.6. The van der Waals surface area contributed by atoms with Crippen LogP contribution in [0.15, 0.2) is 45.6 Å². The average Bonchev–Trinajstić information content (AvgIpc) is 3.38. The first-order valence-corrected chi connectivity index (χ1v) is 9.85. The van der Waals surface area contributed by atoms with Gasteiger partial charge in [0.25, 0.3) is 0 Å². The maximum Gasteiger partial charge on any atom is 0.227 e. The second-order valence-corrected chi connectivity index (χ2v) is 6.94. The van der Waals surface area contributed by atoms with Gasteiger partial charge in [-0.2, -0.15) is 16.3 Å². The van der Waals surface area contributed by atoms with Crippen molar-refractivity contribution < 1.29 is 14.1 Å². The number of aryl methyl sites for hydroxylation is 1. The third-order valence-corrected chi connectivity index (χ3v) is 5.19. The van der Waals surface area contributed by atoms with Gasteiger partial charge in [-0.15, -0.1) is 0 Å². The Labute approximate surface area is 162 Å². The molecular formula is C20H23N3O3S. The number of rotatable bonds is 8. The fourth-order valence-corrected chi connectivity index (χ4v) is 3.60. The minimum absolute atomic E-state index is 0.0401. The van der Waals surface area contributed by atoms with E-state index in [4.69, 9.17) is 9.26 Å². The maximum atomic E-state index is 12.8. The van der Waals surface area contributed by atoms with E-state index in [1.807, 2.05) is 59.8 Å². The van der Waals surface area contributed by atoms with Gasteiger partial charge in [0, 0.05) is 30.3 Å². The number of ether oxygens (including phenoxy) is 1. The summed E-state index contributed by atoms with van der Waals surface area (Å²) in [6.45, 7) is 4.63. The van der Waals surface area contributed by atoms with Crippen molar-refractivity contribution in [3.63, 3.8) is 0 Å². The van der Waals surface area contributed by atoms with Crippen LogP contribution in [0.5, 0.6) is 5.75 Å². The molecule has 0 fully saturated rings. The monoisotopic (exact) mass is 385 g/mol. The van der Waals surface area contributed by atoms with Crippen LogP contribution >= 0.6 is 11.3 Å². The Morgan fingerprint density at radius 1 is 1.37 bits per heavy atom. The van der Waals surface area contributed by atoms with E-state index in [0.29, 0.717) is 31.1 Å². The van der Waals surface area contributed by atoms with Gasteiger partial charge in [0.2, 0.25) is 17.6 Å². The van der Waals surface area contributed by atoms with E-state index in [2.05, 4.69) is 10.1 Å². The van der Waals surface area contributed by atoms with Crippen molar-refractivity contribution in [2.75, 3.05) is 13.7 Å². The number of carbonyl (C=O) groups is 1. The molecule has 0 saturated carbocycles. The SMILES string of the molecule is CCN(C(=O)CCc1nc(-c2ccsc2)no1)C(C)c1cccc(OC)c1. The Bertz CT molecular complexity index is 876. The van der Waals surface area contributed by atoms with Gasteiger partial charge in [-0.25, -0.2) is 0 Å². The molecule has 3 aromatic rings. The highest BCUT2D eigenvalue weighted by Crippen LogP contribution is 2.25. The summed E-state index contributed by atoms with van der Waals surface area (Å²) in [6.07, 6.45) is 0.755. The molecular weight excluding hydrogens is 362 g/mol. The lowest BCUT2D eigenvalue weighted by molar-refractivity contribution is -0.133. The zero-order chi connectivity index (χ0) is 19.2. The predicted octanol–water partition coefficient (Wildman–Crippen LogP) is 4.35. The predicted molar refractivity (Wildman–Crippen MR) is 105 cm³/mol. The molecule has 2 heterocycles. The number of nitrogens with zero attached hydrogens (tertiary/aromatic N) is 3. The third-order valence-electron chi connectivity index (χ3n) is 4.50. The van der Waals surface area contributed by atoms with Gasteiger partial charge in [-0.05, 0) is 43.0 Å². The topological polar surface area (TPSA) is 68.5 Å². The van der Waals surface area contributed by atoms with Crippen molar-refractivity contribution in [3.8, 4) is 17.1 Å². The lowest BCUT2D eigenvalue weighted by atomic mass is 10.1. The van der Waals surface area contributed by atoms with Gasteiger partial charge in [-0.3, -0.25) is 4.79 Å². The Morgan fingerprint density at radius 2 is 2.22 bits per heavy atom. The van der Waals surface area contributed by atoms with Crippen LogP contribution in [-0.2, 0) is 11.2 Å². The first-order valence-electron chi connectivity index (χ1n) is 8.91. The van der Waals surface area contributed by atoms with E-state index in [9.17, 15) is 4.79 Å². The first kappa shape index (κ1) is 19.1. The summed E-state index contributed by atoms with van der Waals surface area (Å²) in [5.74, 6) is 1.89. The molecule has 0 aliphatic carbocycles. The number of thiophene rings is 1. The van der Waals surface area contributed by atoms with E-state index in [1.165, 1.54) is 0 Å². The van der Waals surface area contributed by atoms with E-state index in [0.717, 1.165) is 16.9 Å². The molecule has 1 unspecified atom stereocenters. The van der Waals surface area contributed by atoms with Crippen molar-refractivity contribution in [2.24, 2.45) is 0 Å². The molecule has 3 rings (SSSR count). The lowest BCUT2D eigenvalue weighted by Gasteiger charge is -2.28. The zero-order valence-electron chi connectivity index (χ0n) is 15.7. The Hall–Kier alpha value is -2.67. The smallest absolute Gasteiger partial charge is 0.227 e. The normalized spacial score (nSPS) is 12.0. The van der Waals surface area contributed by atoms with Gasteiger partial charge in [-0.1, -0.05) is 17.3 Å². The number of benzene rings is 1. The van der Waals surface area contributed by atoms with Crippen molar-refractivity contribution in [1.29, 1.82) is 0 Å². The Morgan fingerprint density at radius 3 is 2.93 bits per heavy atom. The second kappa shape index (κ2) is 8.81. The van der Waals surface area contributed by atoms with E-state index in [-0.39, 0.29) is 11.9 Å². The summed E-state index contributed by atoms with van der Waals surface area (Å²) in [5.41, 5.74) is 1.98. The van der Waals surface area contributed by atoms with E-state index in [1.54, 1.807) is 18.4 Å². The molecule has 0 bridgehead atoms. The molecule has 1 amide bonds. The van der Waals surface area contributed by atoms with Gasteiger partial charge in [0.15, 0.2) is 0 Å². The molecule has 0 saturated heterocycles. The van der Waals surface area contributed by atoms with Crippen LogP contribution in [0.2, 0.25) is 0 Å². The standard InChI is InChI=1S/C20H23N3O3S/c1-4-23(14(2)15-6-5-7-17(12-15)25-3)19(24)9-8-18-21-20(22-26-18)16-10-11-27-13-16/h5-7,10-14H,4,8-9H2,1-3H3. The molecule has 0 aliphatic heterocycles. The zero-order valence-corrected chi connectivity index (χ0v) is 16.5. The molecule has 7 heteroatoms. The van der Waals surface area contributed by atoms with Crippen LogP contribution in [0, 0.1) is 0 Å². The maximum absolute atomic E-state index is 12.8. The number of carbonyl (C=O) groups excluding carboxylic acids is 1. The number of aromatic nitrogens is 2. The lowest BCUT2D eigenvalue weighted by Crippen LogP contribution is -2.33. The quantitative estimate of drug-likeness (QED) is 0.577. The highest BCUT2D eigenvalue weighted by molar-refractivity contribution is 7.08. The highest BCUT2D eigenvalue weighted by Gasteiger charge is 2.21. The van der Waals surface area contributed by atoms with Crippen LogP contribution in [0.3, 0.4) is 0 Å². The average molecular weight is 385 g/mol. The summed E-state index contributed by atoms with van der Waals surface area (Å²) >= 11 is 1.58. The van der Waals surface area contributed by atoms with Crippen LogP contribution < -0.4 is 4.74 Å². The van der Waals surface area contributed by atoms with E-state index >= 15 is 0 Å². The molecule has 1 aromatic carbocycles. The van der Waals surface area contributed by atoms with Gasteiger partial charge >= 0.3 is 0 Å². The molecule has 27 heavy (non-hydrogen) atoms. The summed E-state index contributed by atoms with van der Waals surface area (Å²) in [7, 11) is 1.64. The fourth-order valence-electron chi connectivity index (χ4n) is 2.97. The number of methoxy groups -OCH3 is 1. The number of hydrogen-bond acceptors (Lipinski definition) is 6. The minimum atomic E-state index is -0.0401. The molecule has 1 atom stereocenters. The van der Waals surface area contributed by atoms with Gasteiger partial charge in [0.1, 0.15) is 5.75 Å². The number of amides is 1. The Balaban J connectivity index is 1.63. The minimum Gasteiger partial charge on any atom is -0.497 e. The van der Waals surface area contributed by atoms with Crippen LogP contribution in [-0.4, -0.2) is 34.6 Å². The van der Waals surface area contributed by atoms with Crippen molar-refractivity contribution in [1.82, 2.24) is 15.0 Å². The summed E-state index contributed by atoms with van der Waals surface area (Å²) in [6, 6.07) is 9.71. The number of hydrogen-bond donors (Lipinski definition) is 0. The highest BCUT2D eigenvalue weighted by atomic mass is 32.1. The van der Waals surface area contributed by atoms with Crippen molar-refractivity contribution in [2.45, 2.75) is 32.7 Å². The molecule has 0 N–H and O–H groups in total. The first-order chi connectivity index (χ1) is 13.1. The molecule has 0 aliphatic rings. The summed E-state index contributed by atoms with van der Waals surface area (Å²) in [4.78, 5) is 19.0. The molecule has 0 radical (unpaired) electrons. The van der Waals surface area contributed by atoms with Crippen LogP contribution in [0.4, 0.5) is 0 Å². The Kier molecular flexibility index (Phi) is 6.24. The molecule has 0 spiro atoms. The van der Waals surface area contributed by atoms with Crippen LogP contribution in [0.25, 0.3) is 11.4 Å². The second-order valence-electron chi connectivity index (χ2n) is 6.16. The molecule has 2 aromatic heterocycles. The fraction of sp³-hybridized carbons (Fsp3) is 0.350. The third kappa shape index (κ3) is 4.54. The van der Waals surface area contributed by atoms with Crippen molar-refractivity contribution >= 4 is 17.2 Å². The van der Waals surface area contributed by atoms with Gasteiger partial charge < -0.3 is 14.2 Å². The van der Waals surface area contributed by atoms with Crippen molar-refractivity contribution in [3.05, 3.63) is 52.5 Å².